The third kappa shape index (κ3) is 1.64. The minimum Gasteiger partial charge on any atom is -0.369 e. The second-order valence-corrected chi connectivity index (χ2v) is 4.29. The Balaban J connectivity index is 2.67. The van der Waals surface area contributed by atoms with Gasteiger partial charge in [0.1, 0.15) is 12.1 Å². The van der Waals surface area contributed by atoms with E-state index < -0.39 is 0 Å². The normalized spacial score (nSPS) is 35.0. The van der Waals surface area contributed by atoms with E-state index in [1.807, 2.05) is 0 Å². The summed E-state index contributed by atoms with van der Waals surface area (Å²) in [4.78, 5) is 0. The van der Waals surface area contributed by atoms with Crippen LogP contribution in [0.4, 0.5) is 0 Å². The van der Waals surface area contributed by atoms with Gasteiger partial charge in [0.2, 0.25) is 0 Å². The maximum atomic E-state index is 5.60. The van der Waals surface area contributed by atoms with Crippen molar-refractivity contribution in [1.29, 1.82) is 0 Å². The third-order valence-electron chi connectivity index (χ3n) is 3.45. The van der Waals surface area contributed by atoms with E-state index >= 15 is 0 Å². The Hall–Kier alpha value is -0.0800. The Morgan fingerprint density at radius 2 is 1.50 bits per heavy atom. The zero-order valence-corrected chi connectivity index (χ0v) is 8.84. The van der Waals surface area contributed by atoms with Crippen molar-refractivity contribution in [2.45, 2.75) is 38.8 Å². The average molecular weight is 172 g/mol. The molecule has 1 aliphatic heterocycles. The molecule has 0 spiro atoms. The van der Waals surface area contributed by atoms with Gasteiger partial charge in [0.05, 0.1) is 27.3 Å². The number of hydrogen-bond acceptors (Lipinski definition) is 1. The lowest BCUT2D eigenvalue weighted by Crippen LogP contribution is -2.62. The average Bonchev–Trinajstić information content (AvgIpc) is 2.03. The predicted molar refractivity (Wildman–Crippen MR) is 51.1 cm³/mol. The minimum atomic E-state index is 0.698. The van der Waals surface area contributed by atoms with E-state index in [0.29, 0.717) is 12.1 Å². The van der Waals surface area contributed by atoms with Gasteiger partial charge in [-0.3, -0.25) is 0 Å². The van der Waals surface area contributed by atoms with Gasteiger partial charge < -0.3 is 9.22 Å². The number of rotatable bonds is 2. The van der Waals surface area contributed by atoms with Crippen LogP contribution >= 0.6 is 0 Å². The second-order valence-electron chi connectivity index (χ2n) is 4.29. The zero-order valence-electron chi connectivity index (χ0n) is 8.84. The Morgan fingerprint density at radius 1 is 1.08 bits per heavy atom. The maximum Gasteiger partial charge on any atom is 0.112 e. The molecule has 0 aromatic rings. The molecule has 1 rings (SSSR count). The predicted octanol–water partition coefficient (Wildman–Crippen LogP) is 1.65. The number of quaternary nitrogens is 1. The SMILES string of the molecule is CCC1COCC(CC)[N+]1(C)C. The van der Waals surface area contributed by atoms with E-state index in [2.05, 4.69) is 27.9 Å². The van der Waals surface area contributed by atoms with Crippen molar-refractivity contribution >= 4 is 0 Å². The molecule has 0 saturated carbocycles. The molecule has 2 heteroatoms. The van der Waals surface area contributed by atoms with Crippen molar-refractivity contribution in [3.63, 3.8) is 0 Å². The lowest BCUT2D eigenvalue weighted by Gasteiger charge is -2.47. The van der Waals surface area contributed by atoms with Gasteiger partial charge in [0.25, 0.3) is 0 Å². The smallest absolute Gasteiger partial charge is 0.112 e. The number of ether oxygens (including phenoxy) is 1. The number of nitrogens with zero attached hydrogens (tertiary/aromatic N) is 1. The topological polar surface area (TPSA) is 9.23 Å². The van der Waals surface area contributed by atoms with Gasteiger partial charge in [-0.05, 0) is 12.8 Å². The first kappa shape index (κ1) is 10.0. The van der Waals surface area contributed by atoms with Crippen LogP contribution in [-0.2, 0) is 4.74 Å². The van der Waals surface area contributed by atoms with Crippen molar-refractivity contribution in [3.8, 4) is 0 Å². The molecule has 0 N–H and O–H groups in total. The van der Waals surface area contributed by atoms with Gasteiger partial charge in [-0.25, -0.2) is 0 Å². The van der Waals surface area contributed by atoms with Crippen molar-refractivity contribution < 1.29 is 9.22 Å². The fraction of sp³-hybridized carbons (Fsp3) is 1.00. The summed E-state index contributed by atoms with van der Waals surface area (Å²) in [5.74, 6) is 0. The summed E-state index contributed by atoms with van der Waals surface area (Å²) in [5.41, 5.74) is 0. The largest absolute Gasteiger partial charge is 0.369 e. The molecule has 12 heavy (non-hydrogen) atoms. The van der Waals surface area contributed by atoms with Crippen LogP contribution in [0.2, 0.25) is 0 Å². The van der Waals surface area contributed by atoms with Crippen LogP contribution in [0.15, 0.2) is 0 Å². The standard InChI is InChI=1S/C10H22NO/c1-5-9-7-12-8-10(6-2)11(9,3)4/h9-10H,5-8H2,1-4H3/q+1. The van der Waals surface area contributed by atoms with Crippen molar-refractivity contribution in [2.24, 2.45) is 0 Å². The van der Waals surface area contributed by atoms with Gasteiger partial charge >= 0.3 is 0 Å². The first-order valence-electron chi connectivity index (χ1n) is 5.04. The second kappa shape index (κ2) is 3.75. The Bertz CT molecular complexity index is 131. The van der Waals surface area contributed by atoms with Crippen LogP contribution in [0.3, 0.4) is 0 Å². The van der Waals surface area contributed by atoms with Crippen LogP contribution in [-0.4, -0.2) is 43.9 Å². The van der Waals surface area contributed by atoms with Gasteiger partial charge in [0.15, 0.2) is 0 Å². The molecule has 0 radical (unpaired) electrons. The van der Waals surface area contributed by atoms with E-state index in [1.54, 1.807) is 0 Å². The third-order valence-corrected chi connectivity index (χ3v) is 3.45. The first-order chi connectivity index (χ1) is 5.62. The molecule has 1 fully saturated rings. The van der Waals surface area contributed by atoms with Gasteiger partial charge in [-0.1, -0.05) is 13.8 Å². The molecule has 1 aliphatic rings. The van der Waals surface area contributed by atoms with Crippen LogP contribution in [0.5, 0.6) is 0 Å². The van der Waals surface area contributed by atoms with E-state index in [9.17, 15) is 0 Å². The van der Waals surface area contributed by atoms with E-state index in [-0.39, 0.29) is 0 Å². The van der Waals surface area contributed by atoms with Crippen LogP contribution in [0, 0.1) is 0 Å². The quantitative estimate of drug-likeness (QED) is 0.575. The lowest BCUT2D eigenvalue weighted by atomic mass is 10.0. The van der Waals surface area contributed by atoms with Crippen molar-refractivity contribution in [1.82, 2.24) is 0 Å². The highest BCUT2D eigenvalue weighted by molar-refractivity contribution is 4.67. The van der Waals surface area contributed by atoms with E-state index in [0.717, 1.165) is 17.7 Å². The van der Waals surface area contributed by atoms with Crippen LogP contribution in [0.25, 0.3) is 0 Å². The van der Waals surface area contributed by atoms with Crippen molar-refractivity contribution in [3.05, 3.63) is 0 Å². The summed E-state index contributed by atoms with van der Waals surface area (Å²) in [5, 5.41) is 0. The molecule has 0 amide bonds. The van der Waals surface area contributed by atoms with Crippen molar-refractivity contribution in [2.75, 3.05) is 27.3 Å². The van der Waals surface area contributed by atoms with E-state index in [4.69, 9.17) is 4.74 Å². The molecule has 1 heterocycles. The monoisotopic (exact) mass is 172 g/mol. The molecule has 0 aliphatic carbocycles. The Kier molecular flexibility index (Phi) is 3.13. The molecule has 0 aromatic heterocycles. The summed E-state index contributed by atoms with van der Waals surface area (Å²) in [6.45, 7) is 6.40. The van der Waals surface area contributed by atoms with Gasteiger partial charge in [0, 0.05) is 0 Å². The number of hydrogen-bond donors (Lipinski definition) is 0. The molecular formula is C10H22NO+. The molecule has 0 bridgehead atoms. The Labute approximate surface area is 76.1 Å². The highest BCUT2D eigenvalue weighted by Gasteiger charge is 2.38. The fourth-order valence-electron chi connectivity index (χ4n) is 2.20. The molecular weight excluding hydrogens is 150 g/mol. The summed E-state index contributed by atoms with van der Waals surface area (Å²) < 4.78 is 6.74. The van der Waals surface area contributed by atoms with Crippen LogP contribution in [0.1, 0.15) is 26.7 Å². The number of morpholine rings is 1. The fourth-order valence-corrected chi connectivity index (χ4v) is 2.20. The highest BCUT2D eigenvalue weighted by atomic mass is 16.5. The number of likely N-dealkylation sites (N-methyl/N-ethyl adjacent to an activating group) is 1. The maximum absolute atomic E-state index is 5.60. The molecule has 2 nitrogen and oxygen atoms in total. The molecule has 1 saturated heterocycles. The summed E-state index contributed by atoms with van der Waals surface area (Å²) in [7, 11) is 4.68. The molecule has 2 unspecified atom stereocenters. The molecule has 0 aromatic carbocycles. The zero-order chi connectivity index (χ0) is 9.19. The highest BCUT2D eigenvalue weighted by Crippen LogP contribution is 2.23. The Morgan fingerprint density at radius 3 is 1.83 bits per heavy atom. The van der Waals surface area contributed by atoms with Gasteiger partial charge in [-0.2, -0.15) is 0 Å². The summed E-state index contributed by atoms with van der Waals surface area (Å²) in [6.07, 6.45) is 2.45. The minimum absolute atomic E-state index is 0.698. The first-order valence-corrected chi connectivity index (χ1v) is 5.04. The summed E-state index contributed by atoms with van der Waals surface area (Å²) in [6, 6.07) is 1.40. The molecule has 72 valence electrons. The molecule has 2 atom stereocenters. The van der Waals surface area contributed by atoms with E-state index in [1.165, 1.54) is 12.8 Å². The summed E-state index contributed by atoms with van der Waals surface area (Å²) >= 11 is 0. The van der Waals surface area contributed by atoms with Crippen LogP contribution < -0.4 is 0 Å². The van der Waals surface area contributed by atoms with Gasteiger partial charge in [-0.15, -0.1) is 0 Å². The lowest BCUT2D eigenvalue weighted by molar-refractivity contribution is -0.947.